The minimum absolute atomic E-state index is 0.227. The van der Waals surface area contributed by atoms with Crippen molar-refractivity contribution in [2.75, 3.05) is 7.11 Å². The molecule has 118 valence electrons. The van der Waals surface area contributed by atoms with Crippen LogP contribution < -0.4 is 4.74 Å². The molecule has 2 nitrogen and oxygen atoms in total. The van der Waals surface area contributed by atoms with E-state index in [9.17, 15) is 5.11 Å². The van der Waals surface area contributed by atoms with Crippen molar-refractivity contribution in [2.24, 2.45) is 11.8 Å². The van der Waals surface area contributed by atoms with Crippen LogP contribution in [0.2, 0.25) is 4.47 Å². The van der Waals surface area contributed by atoms with Gasteiger partial charge in [0.1, 0.15) is 0 Å². The molecule has 0 amide bonds. The summed E-state index contributed by atoms with van der Waals surface area (Å²) in [7, 11) is 1.72. The van der Waals surface area contributed by atoms with E-state index in [-0.39, 0.29) is 32.8 Å². The molecule has 0 bridgehead atoms. The van der Waals surface area contributed by atoms with Crippen LogP contribution in [-0.2, 0) is 6.42 Å². The van der Waals surface area contributed by atoms with Crippen LogP contribution in [0.25, 0.3) is 0 Å². The Morgan fingerprint density at radius 3 is 2.59 bits per heavy atom. The molecule has 2 aliphatic carbocycles. The van der Waals surface area contributed by atoms with E-state index >= 15 is 0 Å². The van der Waals surface area contributed by atoms with E-state index in [2.05, 4.69) is 25.3 Å². The van der Waals surface area contributed by atoms with Crippen LogP contribution in [0.3, 0.4) is 0 Å². The number of aliphatic hydroxyl groups is 1. The molecule has 1 unspecified atom stereocenters. The van der Waals surface area contributed by atoms with Gasteiger partial charge in [0.2, 0.25) is 0 Å². The van der Waals surface area contributed by atoms with Gasteiger partial charge in [-0.15, -0.1) is 0 Å². The molecule has 0 aromatic heterocycles. The fourth-order valence-electron chi connectivity index (χ4n) is 3.74. The average molecular weight is 412 g/mol. The van der Waals surface area contributed by atoms with Crippen molar-refractivity contribution in [1.82, 2.24) is 0 Å². The van der Waals surface area contributed by atoms with Gasteiger partial charge < -0.3 is 0 Å². The minimum atomic E-state index is -0.597. The molecule has 0 aliphatic heterocycles. The van der Waals surface area contributed by atoms with Gasteiger partial charge in [0.15, 0.2) is 0 Å². The first kappa shape index (κ1) is 16.1. The van der Waals surface area contributed by atoms with Gasteiger partial charge in [-0.05, 0) is 0 Å². The summed E-state index contributed by atoms with van der Waals surface area (Å²) in [5.41, 5.74) is 2.31. The van der Waals surface area contributed by atoms with Gasteiger partial charge in [-0.1, -0.05) is 0 Å². The summed E-state index contributed by atoms with van der Waals surface area (Å²) in [4.78, 5) is 0. The summed E-state index contributed by atoms with van der Waals surface area (Å²) in [5.74, 6) is 1.40. The molecule has 22 heavy (non-hydrogen) atoms. The van der Waals surface area contributed by atoms with E-state index in [4.69, 9.17) is 4.74 Å². The van der Waals surface area contributed by atoms with Gasteiger partial charge >= 0.3 is 143 Å². The van der Waals surface area contributed by atoms with Crippen molar-refractivity contribution >= 4 is 20.9 Å². The molecule has 0 heterocycles. The number of fused-ring (bicyclic) bond motifs is 1. The Balaban J connectivity index is 1.69. The molecule has 0 radical (unpaired) electrons. The third-order valence-corrected chi connectivity index (χ3v) is 9.41. The molecule has 3 rings (SSSR count). The van der Waals surface area contributed by atoms with E-state index in [1.54, 1.807) is 7.11 Å². The normalized spacial score (nSPS) is 28.5. The van der Waals surface area contributed by atoms with Crippen molar-refractivity contribution in [3.8, 4) is 5.75 Å². The third-order valence-electron chi connectivity index (χ3n) is 5.26. The molecular formula is C19H24O2Te. The van der Waals surface area contributed by atoms with E-state index in [1.165, 1.54) is 17.5 Å². The molecular weight excluding hydrogens is 388 g/mol. The Bertz CT molecular complexity index is 565. The fraction of sp³-hybridized carbons (Fsp3) is 0.474. The molecule has 1 fully saturated rings. The number of ether oxygens (including phenoxy) is 1. The van der Waals surface area contributed by atoms with Crippen LogP contribution in [0.4, 0.5) is 0 Å². The van der Waals surface area contributed by atoms with Crippen molar-refractivity contribution in [3.63, 3.8) is 0 Å². The van der Waals surface area contributed by atoms with Crippen LogP contribution >= 0.6 is 0 Å². The molecule has 3 atom stereocenters. The first-order valence-corrected chi connectivity index (χ1v) is 10.9. The Morgan fingerprint density at radius 1 is 1.32 bits per heavy atom. The Morgan fingerprint density at radius 2 is 2.00 bits per heavy atom. The molecule has 2 aliphatic rings. The second kappa shape index (κ2) is 6.40. The molecule has 1 aromatic rings. The van der Waals surface area contributed by atoms with Gasteiger partial charge in [-0.3, -0.25) is 0 Å². The zero-order valence-electron chi connectivity index (χ0n) is 13.1. The maximum absolute atomic E-state index is 11.2. The summed E-state index contributed by atoms with van der Waals surface area (Å²) >= 11 is -0.290. The number of hydrogen-bond donors (Lipinski definition) is 1. The number of hydrogen-bond acceptors (Lipinski definition) is 2. The van der Waals surface area contributed by atoms with Gasteiger partial charge in [0, 0.05) is 0 Å². The van der Waals surface area contributed by atoms with E-state index in [0.29, 0.717) is 3.97 Å². The molecule has 1 saturated carbocycles. The summed E-state index contributed by atoms with van der Waals surface area (Å²) in [6.07, 6.45) is 7.16. The monoisotopic (exact) mass is 414 g/mol. The molecule has 1 N–H and O–H groups in total. The SMILES string of the molecule is C=C[C@@H]1CC[C@@H](C=C)C1(O)C[Te]C1Cc2ccc(OC)cc21. The van der Waals surface area contributed by atoms with Crippen LogP contribution in [0.1, 0.15) is 27.9 Å². The second-order valence-corrected chi connectivity index (χ2v) is 9.72. The summed E-state index contributed by atoms with van der Waals surface area (Å²) in [6.45, 7) is 7.86. The average Bonchev–Trinajstić information content (AvgIpc) is 2.84. The molecule has 3 heteroatoms. The van der Waals surface area contributed by atoms with Crippen molar-refractivity contribution in [1.29, 1.82) is 0 Å². The quantitative estimate of drug-likeness (QED) is 0.573. The van der Waals surface area contributed by atoms with E-state index < -0.39 is 5.60 Å². The zero-order valence-corrected chi connectivity index (χ0v) is 15.5. The second-order valence-electron chi connectivity index (χ2n) is 6.32. The number of rotatable bonds is 6. The van der Waals surface area contributed by atoms with Crippen LogP contribution in [0.15, 0.2) is 43.5 Å². The Labute approximate surface area is 143 Å². The standard InChI is InChI=1S/C19H24O2Te/c1-4-14-7-8-15(5-2)19(14,20)12-22-18-10-13-6-9-16(21-3)11-17(13)18/h4-6,9,11,14-15,18,20H,1-2,7-8,10,12H2,3H3/t14-,15-,18?/m1/s1. The summed E-state index contributed by atoms with van der Waals surface area (Å²) in [6, 6.07) is 6.41. The van der Waals surface area contributed by atoms with E-state index in [0.717, 1.165) is 23.1 Å². The van der Waals surface area contributed by atoms with Gasteiger partial charge in [0.25, 0.3) is 0 Å². The van der Waals surface area contributed by atoms with Crippen molar-refractivity contribution in [3.05, 3.63) is 54.6 Å². The predicted octanol–water partition coefficient (Wildman–Crippen LogP) is 3.54. The van der Waals surface area contributed by atoms with Gasteiger partial charge in [-0.2, -0.15) is 0 Å². The summed E-state index contributed by atoms with van der Waals surface area (Å²) in [5, 5.41) is 11.2. The topological polar surface area (TPSA) is 29.5 Å². The van der Waals surface area contributed by atoms with Crippen LogP contribution in [0, 0.1) is 11.8 Å². The van der Waals surface area contributed by atoms with Crippen LogP contribution in [-0.4, -0.2) is 38.7 Å². The Kier molecular flexibility index (Phi) is 4.69. The van der Waals surface area contributed by atoms with Crippen LogP contribution in [0.5, 0.6) is 5.75 Å². The third kappa shape index (κ3) is 2.64. The zero-order chi connectivity index (χ0) is 15.7. The molecule has 0 saturated heterocycles. The Hall–Kier alpha value is -0.750. The number of methoxy groups -OCH3 is 1. The summed E-state index contributed by atoms with van der Waals surface area (Å²) < 4.78 is 6.97. The number of benzene rings is 1. The first-order valence-electron chi connectivity index (χ1n) is 7.88. The van der Waals surface area contributed by atoms with Gasteiger partial charge in [-0.25, -0.2) is 0 Å². The predicted molar refractivity (Wildman–Crippen MR) is 91.6 cm³/mol. The van der Waals surface area contributed by atoms with Crippen molar-refractivity contribution < 1.29 is 9.84 Å². The maximum atomic E-state index is 11.2. The molecule has 0 spiro atoms. The first-order chi connectivity index (χ1) is 10.6. The van der Waals surface area contributed by atoms with Crippen molar-refractivity contribution in [2.45, 2.75) is 33.3 Å². The molecule has 1 aromatic carbocycles. The fourth-order valence-corrected chi connectivity index (χ4v) is 8.28. The van der Waals surface area contributed by atoms with Gasteiger partial charge in [0.05, 0.1) is 0 Å². The van der Waals surface area contributed by atoms with E-state index in [1.807, 2.05) is 18.2 Å².